The van der Waals surface area contributed by atoms with Gasteiger partial charge < -0.3 is 10.0 Å². The molecule has 0 saturated carbocycles. The summed E-state index contributed by atoms with van der Waals surface area (Å²) in [6, 6.07) is 0. The predicted octanol–water partition coefficient (Wildman–Crippen LogP) is 1.74. The second kappa shape index (κ2) is 5.61. The zero-order valence-electron chi connectivity index (χ0n) is 9.00. The molecule has 13 heavy (non-hydrogen) atoms. The molecule has 1 aliphatic rings. The smallest absolute Gasteiger partial charge is 0.0443 e. The number of hydrogen-bond donors (Lipinski definition) is 1. The van der Waals surface area contributed by atoms with Crippen LogP contribution in [-0.4, -0.2) is 36.2 Å². The van der Waals surface area contributed by atoms with E-state index in [-0.39, 0.29) is 0 Å². The molecule has 0 aromatic heterocycles. The molecule has 0 spiro atoms. The highest BCUT2D eigenvalue weighted by Gasteiger charge is 2.20. The van der Waals surface area contributed by atoms with Gasteiger partial charge in [-0.1, -0.05) is 13.8 Å². The van der Waals surface area contributed by atoms with E-state index in [9.17, 15) is 0 Å². The summed E-state index contributed by atoms with van der Waals surface area (Å²) in [5.41, 5.74) is 0. The zero-order chi connectivity index (χ0) is 9.68. The molecule has 1 heterocycles. The Morgan fingerprint density at radius 3 is 2.38 bits per heavy atom. The average molecular weight is 185 g/mol. The molecule has 0 amide bonds. The Morgan fingerprint density at radius 2 is 1.92 bits per heavy atom. The number of nitrogens with zero attached hydrogens (tertiary/aromatic N) is 1. The fourth-order valence-electron chi connectivity index (χ4n) is 2.14. The summed E-state index contributed by atoms with van der Waals surface area (Å²) >= 11 is 0. The molecular weight excluding hydrogens is 162 g/mol. The summed E-state index contributed by atoms with van der Waals surface area (Å²) in [7, 11) is 0. The van der Waals surface area contributed by atoms with Crippen LogP contribution in [0.5, 0.6) is 0 Å². The van der Waals surface area contributed by atoms with Gasteiger partial charge in [-0.3, -0.25) is 0 Å². The number of piperidine rings is 1. The summed E-state index contributed by atoms with van der Waals surface area (Å²) in [6.07, 6.45) is 3.64. The molecule has 0 radical (unpaired) electrons. The monoisotopic (exact) mass is 185 g/mol. The maximum atomic E-state index is 8.71. The Balaban J connectivity index is 2.15. The van der Waals surface area contributed by atoms with Gasteiger partial charge in [-0.25, -0.2) is 0 Å². The Labute approximate surface area is 81.9 Å². The molecule has 0 atom stereocenters. The van der Waals surface area contributed by atoms with Gasteiger partial charge >= 0.3 is 0 Å². The van der Waals surface area contributed by atoms with Crippen LogP contribution in [0.1, 0.15) is 33.1 Å². The van der Waals surface area contributed by atoms with E-state index < -0.39 is 0 Å². The predicted molar refractivity (Wildman–Crippen MR) is 55.7 cm³/mol. The fourth-order valence-corrected chi connectivity index (χ4v) is 2.14. The minimum atomic E-state index is 0.337. The highest BCUT2D eigenvalue weighted by atomic mass is 16.3. The summed E-state index contributed by atoms with van der Waals surface area (Å²) in [4.78, 5) is 2.48. The number of rotatable bonds is 4. The molecule has 2 nitrogen and oxygen atoms in total. The first-order valence-electron chi connectivity index (χ1n) is 5.57. The second-order valence-corrected chi connectivity index (χ2v) is 4.50. The van der Waals surface area contributed by atoms with Gasteiger partial charge in [0.2, 0.25) is 0 Å². The minimum Gasteiger partial charge on any atom is -0.396 e. The lowest BCUT2D eigenvalue weighted by molar-refractivity contribution is 0.146. The van der Waals surface area contributed by atoms with Gasteiger partial charge in [0.05, 0.1) is 0 Å². The van der Waals surface area contributed by atoms with Gasteiger partial charge in [0.25, 0.3) is 0 Å². The third-order valence-corrected chi connectivity index (χ3v) is 3.21. The van der Waals surface area contributed by atoms with Crippen molar-refractivity contribution < 1.29 is 5.11 Å². The maximum absolute atomic E-state index is 8.71. The van der Waals surface area contributed by atoms with E-state index in [1.54, 1.807) is 0 Å². The quantitative estimate of drug-likeness (QED) is 0.721. The van der Waals surface area contributed by atoms with E-state index in [2.05, 4.69) is 18.7 Å². The van der Waals surface area contributed by atoms with Gasteiger partial charge in [-0.05, 0) is 44.2 Å². The van der Waals surface area contributed by atoms with Crippen molar-refractivity contribution in [1.82, 2.24) is 4.90 Å². The Hall–Kier alpha value is -0.0800. The van der Waals surface area contributed by atoms with E-state index in [0.717, 1.165) is 24.8 Å². The third kappa shape index (κ3) is 3.65. The van der Waals surface area contributed by atoms with Gasteiger partial charge in [-0.15, -0.1) is 0 Å². The van der Waals surface area contributed by atoms with Gasteiger partial charge in [0, 0.05) is 13.2 Å². The topological polar surface area (TPSA) is 23.5 Å². The third-order valence-electron chi connectivity index (χ3n) is 3.21. The van der Waals surface area contributed by atoms with Crippen molar-refractivity contribution >= 4 is 0 Å². The van der Waals surface area contributed by atoms with Crippen LogP contribution in [0.2, 0.25) is 0 Å². The number of hydrogen-bond acceptors (Lipinski definition) is 2. The molecule has 1 rings (SSSR count). The van der Waals surface area contributed by atoms with Crippen molar-refractivity contribution in [2.24, 2.45) is 11.8 Å². The first-order chi connectivity index (χ1) is 6.24. The fraction of sp³-hybridized carbons (Fsp3) is 1.00. The van der Waals surface area contributed by atoms with E-state index in [1.165, 1.54) is 25.9 Å². The van der Waals surface area contributed by atoms with Gasteiger partial charge in [0.1, 0.15) is 0 Å². The van der Waals surface area contributed by atoms with Crippen molar-refractivity contribution in [3.8, 4) is 0 Å². The molecule has 2 heteroatoms. The zero-order valence-corrected chi connectivity index (χ0v) is 9.00. The second-order valence-electron chi connectivity index (χ2n) is 4.50. The molecule has 1 aliphatic heterocycles. The SMILES string of the molecule is CC(C)C1CCN(CCCO)CC1. The Bertz CT molecular complexity index is 128. The Kier molecular flexibility index (Phi) is 4.74. The molecule has 0 aliphatic carbocycles. The van der Waals surface area contributed by atoms with E-state index in [1.807, 2.05) is 0 Å². The molecule has 0 aromatic carbocycles. The highest BCUT2D eigenvalue weighted by Crippen LogP contribution is 2.24. The lowest BCUT2D eigenvalue weighted by Gasteiger charge is -2.33. The molecular formula is C11H23NO. The lowest BCUT2D eigenvalue weighted by Crippen LogP contribution is -2.36. The van der Waals surface area contributed by atoms with Crippen molar-refractivity contribution in [1.29, 1.82) is 0 Å². The van der Waals surface area contributed by atoms with Crippen LogP contribution in [0.4, 0.5) is 0 Å². The number of aliphatic hydroxyl groups excluding tert-OH is 1. The molecule has 0 aromatic rings. The van der Waals surface area contributed by atoms with E-state index in [0.29, 0.717) is 6.61 Å². The Morgan fingerprint density at radius 1 is 1.31 bits per heavy atom. The number of aliphatic hydroxyl groups is 1. The van der Waals surface area contributed by atoms with Crippen LogP contribution in [0.15, 0.2) is 0 Å². The van der Waals surface area contributed by atoms with Crippen LogP contribution in [0.3, 0.4) is 0 Å². The van der Waals surface area contributed by atoms with Gasteiger partial charge in [0.15, 0.2) is 0 Å². The number of likely N-dealkylation sites (tertiary alicyclic amines) is 1. The van der Waals surface area contributed by atoms with Crippen LogP contribution in [0.25, 0.3) is 0 Å². The maximum Gasteiger partial charge on any atom is 0.0443 e. The largest absolute Gasteiger partial charge is 0.396 e. The first-order valence-corrected chi connectivity index (χ1v) is 5.57. The molecule has 1 saturated heterocycles. The summed E-state index contributed by atoms with van der Waals surface area (Å²) in [5.74, 6) is 1.78. The summed E-state index contributed by atoms with van der Waals surface area (Å²) in [5, 5.41) is 8.71. The van der Waals surface area contributed by atoms with Crippen molar-refractivity contribution in [2.45, 2.75) is 33.1 Å². The lowest BCUT2D eigenvalue weighted by atomic mass is 9.87. The van der Waals surface area contributed by atoms with E-state index in [4.69, 9.17) is 5.11 Å². The summed E-state index contributed by atoms with van der Waals surface area (Å²) < 4.78 is 0. The molecule has 1 N–H and O–H groups in total. The summed E-state index contributed by atoms with van der Waals surface area (Å²) in [6.45, 7) is 8.55. The first kappa shape index (κ1) is 11.0. The van der Waals surface area contributed by atoms with E-state index >= 15 is 0 Å². The highest BCUT2D eigenvalue weighted by molar-refractivity contribution is 4.73. The van der Waals surface area contributed by atoms with Crippen LogP contribution >= 0.6 is 0 Å². The molecule has 0 bridgehead atoms. The van der Waals surface area contributed by atoms with Crippen LogP contribution in [-0.2, 0) is 0 Å². The average Bonchev–Trinajstić information content (AvgIpc) is 2.15. The standard InChI is InChI=1S/C11H23NO/c1-10(2)11-4-7-12(8-5-11)6-3-9-13/h10-11,13H,3-9H2,1-2H3. The minimum absolute atomic E-state index is 0.337. The van der Waals surface area contributed by atoms with Crippen molar-refractivity contribution in [3.63, 3.8) is 0 Å². The van der Waals surface area contributed by atoms with Crippen LogP contribution in [0, 0.1) is 11.8 Å². The molecule has 78 valence electrons. The van der Waals surface area contributed by atoms with Crippen molar-refractivity contribution in [3.05, 3.63) is 0 Å². The molecule has 0 unspecified atom stereocenters. The molecule has 1 fully saturated rings. The van der Waals surface area contributed by atoms with Crippen LogP contribution < -0.4 is 0 Å². The van der Waals surface area contributed by atoms with Gasteiger partial charge in [-0.2, -0.15) is 0 Å². The van der Waals surface area contributed by atoms with Crippen molar-refractivity contribution in [2.75, 3.05) is 26.2 Å². The normalized spacial score (nSPS) is 21.2.